The third kappa shape index (κ3) is 1.77. The van der Waals surface area contributed by atoms with E-state index in [1.54, 1.807) is 11.3 Å². The quantitative estimate of drug-likeness (QED) is 0.575. The first kappa shape index (κ1) is 6.16. The number of allylic oxidation sites excluding steroid dienone is 2. The zero-order valence-corrected chi connectivity index (χ0v) is 5.16. The number of hydrogen-bond acceptors (Lipinski definition) is 3. The molecule has 50 valence electrons. The SMILES string of the molecule is NCCN1C=CC=CO1. The summed E-state index contributed by atoms with van der Waals surface area (Å²) in [4.78, 5) is 5.00. The van der Waals surface area contributed by atoms with Gasteiger partial charge in [-0.05, 0) is 12.2 Å². The molecule has 2 N–H and O–H groups in total. The molecule has 0 amide bonds. The molecule has 0 atom stereocenters. The Hall–Kier alpha value is -0.960. The molecular weight excluding hydrogens is 116 g/mol. The van der Waals surface area contributed by atoms with E-state index in [1.165, 1.54) is 0 Å². The Morgan fingerprint density at radius 3 is 2.89 bits per heavy atom. The Morgan fingerprint density at radius 1 is 1.44 bits per heavy atom. The van der Waals surface area contributed by atoms with Gasteiger partial charge >= 0.3 is 0 Å². The van der Waals surface area contributed by atoms with Crippen molar-refractivity contribution in [2.45, 2.75) is 0 Å². The van der Waals surface area contributed by atoms with Crippen molar-refractivity contribution in [2.75, 3.05) is 13.1 Å². The van der Waals surface area contributed by atoms with Crippen molar-refractivity contribution in [3.63, 3.8) is 0 Å². The van der Waals surface area contributed by atoms with E-state index in [9.17, 15) is 0 Å². The Kier molecular flexibility index (Phi) is 2.15. The van der Waals surface area contributed by atoms with E-state index in [0.29, 0.717) is 6.54 Å². The largest absolute Gasteiger partial charge is 0.388 e. The summed E-state index contributed by atoms with van der Waals surface area (Å²) >= 11 is 0. The van der Waals surface area contributed by atoms with Crippen molar-refractivity contribution >= 4 is 0 Å². The number of nitrogens with two attached hydrogens (primary N) is 1. The smallest absolute Gasteiger partial charge is 0.119 e. The summed E-state index contributed by atoms with van der Waals surface area (Å²) in [6.45, 7) is 1.35. The van der Waals surface area contributed by atoms with Crippen LogP contribution < -0.4 is 5.73 Å². The van der Waals surface area contributed by atoms with Gasteiger partial charge < -0.3 is 10.6 Å². The average molecular weight is 126 g/mol. The summed E-state index contributed by atoms with van der Waals surface area (Å²) in [5.41, 5.74) is 5.28. The highest BCUT2D eigenvalue weighted by molar-refractivity contribution is 5.01. The molecule has 0 fully saturated rings. The highest BCUT2D eigenvalue weighted by Gasteiger charge is 1.95. The first-order valence-electron chi connectivity index (χ1n) is 2.90. The number of hydrogen-bond donors (Lipinski definition) is 1. The molecule has 3 nitrogen and oxygen atoms in total. The Morgan fingerprint density at radius 2 is 2.33 bits per heavy atom. The minimum absolute atomic E-state index is 0.609. The summed E-state index contributed by atoms with van der Waals surface area (Å²) in [5.74, 6) is 0. The molecule has 3 heteroatoms. The second-order valence-corrected chi connectivity index (χ2v) is 1.70. The van der Waals surface area contributed by atoms with Crippen LogP contribution in [0.2, 0.25) is 0 Å². The van der Waals surface area contributed by atoms with E-state index >= 15 is 0 Å². The van der Waals surface area contributed by atoms with E-state index in [4.69, 9.17) is 10.6 Å². The summed E-state index contributed by atoms with van der Waals surface area (Å²) in [5, 5.41) is 1.68. The van der Waals surface area contributed by atoms with Crippen LogP contribution in [0.15, 0.2) is 24.6 Å². The van der Waals surface area contributed by atoms with Gasteiger partial charge in [-0.3, -0.25) is 0 Å². The fraction of sp³-hybridized carbons (Fsp3) is 0.333. The van der Waals surface area contributed by atoms with Gasteiger partial charge in [0, 0.05) is 12.7 Å². The van der Waals surface area contributed by atoms with Crippen LogP contribution in [0, 0.1) is 0 Å². The van der Waals surface area contributed by atoms with Crippen molar-refractivity contribution in [2.24, 2.45) is 5.73 Å². The minimum Gasteiger partial charge on any atom is -0.388 e. The second-order valence-electron chi connectivity index (χ2n) is 1.70. The lowest BCUT2D eigenvalue weighted by molar-refractivity contribution is -0.0565. The van der Waals surface area contributed by atoms with E-state index in [1.807, 2.05) is 18.4 Å². The van der Waals surface area contributed by atoms with Gasteiger partial charge in [0.05, 0.1) is 6.54 Å². The first-order valence-corrected chi connectivity index (χ1v) is 2.90. The topological polar surface area (TPSA) is 38.5 Å². The van der Waals surface area contributed by atoms with Gasteiger partial charge in [0.15, 0.2) is 0 Å². The number of rotatable bonds is 2. The molecule has 0 saturated heterocycles. The summed E-state index contributed by atoms with van der Waals surface area (Å²) in [6, 6.07) is 0. The predicted octanol–water partition coefficient (Wildman–Crippen LogP) is 0.220. The van der Waals surface area contributed by atoms with Gasteiger partial charge in [-0.1, -0.05) is 0 Å². The highest BCUT2D eigenvalue weighted by Crippen LogP contribution is 1.97. The standard InChI is InChI=1S/C6H10N2O/c7-3-5-8-4-1-2-6-9-8/h1-2,4,6H,3,5,7H2. The van der Waals surface area contributed by atoms with Crippen LogP contribution in [-0.2, 0) is 4.84 Å². The molecule has 0 bridgehead atoms. The number of hydroxylamine groups is 2. The average Bonchev–Trinajstić information content (AvgIpc) is 1.91. The maximum Gasteiger partial charge on any atom is 0.119 e. The van der Waals surface area contributed by atoms with Crippen molar-refractivity contribution in [1.29, 1.82) is 0 Å². The Balaban J connectivity index is 2.28. The lowest BCUT2D eigenvalue weighted by Gasteiger charge is -2.18. The van der Waals surface area contributed by atoms with Gasteiger partial charge in [0.2, 0.25) is 0 Å². The molecule has 0 aromatic heterocycles. The summed E-state index contributed by atoms with van der Waals surface area (Å²) in [6.07, 6.45) is 7.19. The van der Waals surface area contributed by atoms with Crippen LogP contribution in [0.5, 0.6) is 0 Å². The van der Waals surface area contributed by atoms with E-state index in [-0.39, 0.29) is 0 Å². The fourth-order valence-corrected chi connectivity index (χ4v) is 0.594. The molecule has 1 rings (SSSR count). The Labute approximate surface area is 54.3 Å². The van der Waals surface area contributed by atoms with Crippen molar-refractivity contribution in [3.05, 3.63) is 24.6 Å². The molecule has 0 spiro atoms. The van der Waals surface area contributed by atoms with E-state index in [0.717, 1.165) is 6.54 Å². The zero-order chi connectivity index (χ0) is 6.53. The predicted molar refractivity (Wildman–Crippen MR) is 35.1 cm³/mol. The molecule has 0 unspecified atom stereocenters. The molecule has 9 heavy (non-hydrogen) atoms. The third-order valence-electron chi connectivity index (χ3n) is 0.988. The van der Waals surface area contributed by atoms with Crippen LogP contribution in [0.3, 0.4) is 0 Å². The summed E-state index contributed by atoms with van der Waals surface area (Å²) in [7, 11) is 0. The van der Waals surface area contributed by atoms with Gasteiger partial charge in [-0.15, -0.1) is 0 Å². The van der Waals surface area contributed by atoms with Gasteiger partial charge in [-0.2, -0.15) is 0 Å². The molecule has 0 aliphatic carbocycles. The second kappa shape index (κ2) is 3.14. The maximum absolute atomic E-state index is 5.28. The van der Waals surface area contributed by atoms with Crippen molar-refractivity contribution < 1.29 is 4.84 Å². The van der Waals surface area contributed by atoms with E-state index < -0.39 is 0 Å². The monoisotopic (exact) mass is 126 g/mol. The van der Waals surface area contributed by atoms with Crippen LogP contribution in [0.4, 0.5) is 0 Å². The summed E-state index contributed by atoms with van der Waals surface area (Å²) < 4.78 is 0. The molecule has 0 radical (unpaired) electrons. The van der Waals surface area contributed by atoms with Gasteiger partial charge in [-0.25, -0.2) is 5.06 Å². The first-order chi connectivity index (χ1) is 4.43. The molecule has 0 aromatic rings. The number of nitrogens with zero attached hydrogens (tertiary/aromatic N) is 1. The van der Waals surface area contributed by atoms with Crippen LogP contribution in [0.25, 0.3) is 0 Å². The van der Waals surface area contributed by atoms with Crippen LogP contribution in [-0.4, -0.2) is 18.2 Å². The van der Waals surface area contributed by atoms with Crippen LogP contribution in [0.1, 0.15) is 0 Å². The Bertz CT molecular complexity index is 131. The molecule has 1 aliphatic heterocycles. The lowest BCUT2D eigenvalue weighted by Crippen LogP contribution is -2.23. The normalized spacial score (nSPS) is 15.9. The molecule has 1 aliphatic rings. The molecular formula is C6H10N2O. The van der Waals surface area contributed by atoms with Crippen LogP contribution >= 0.6 is 0 Å². The van der Waals surface area contributed by atoms with Gasteiger partial charge in [0.25, 0.3) is 0 Å². The molecule has 0 saturated carbocycles. The van der Waals surface area contributed by atoms with E-state index in [2.05, 4.69) is 0 Å². The van der Waals surface area contributed by atoms with Gasteiger partial charge in [0.1, 0.15) is 6.26 Å². The maximum atomic E-state index is 5.28. The third-order valence-corrected chi connectivity index (χ3v) is 0.988. The van der Waals surface area contributed by atoms with Crippen molar-refractivity contribution in [3.8, 4) is 0 Å². The zero-order valence-electron chi connectivity index (χ0n) is 5.16. The minimum atomic E-state index is 0.609. The van der Waals surface area contributed by atoms with Crippen molar-refractivity contribution in [1.82, 2.24) is 5.06 Å². The molecule has 1 heterocycles. The fourth-order valence-electron chi connectivity index (χ4n) is 0.594. The highest BCUT2D eigenvalue weighted by atomic mass is 16.7. The molecule has 0 aromatic carbocycles. The lowest BCUT2D eigenvalue weighted by atomic mass is 10.5.